The summed E-state index contributed by atoms with van der Waals surface area (Å²) in [6, 6.07) is 12.2. The molecule has 0 heterocycles. The number of Topliss-reactive ketones (excluding diaryl/α,β-unsaturated/α-hetero) is 1. The van der Waals surface area contributed by atoms with Crippen molar-refractivity contribution in [2.45, 2.75) is 11.3 Å². The minimum Gasteiger partial charge on any atom is -0.298 e. The van der Waals surface area contributed by atoms with E-state index in [2.05, 4.69) is 0 Å². The molecule has 98 valence electrons. The lowest BCUT2D eigenvalue weighted by Crippen LogP contribution is -2.07. The van der Waals surface area contributed by atoms with Crippen LogP contribution in [0.5, 0.6) is 0 Å². The van der Waals surface area contributed by atoms with Gasteiger partial charge in [0.05, 0.1) is 5.75 Å². The molecule has 2 aromatic carbocycles. The molecule has 1 nitrogen and oxygen atoms in total. The van der Waals surface area contributed by atoms with Crippen LogP contribution in [0.3, 0.4) is 0 Å². The normalized spacial score (nSPS) is 10.4. The largest absolute Gasteiger partial charge is 0.298 e. The Balaban J connectivity index is 1.88. The molecule has 0 fully saturated rings. The molecule has 0 saturated carbocycles. The predicted octanol–water partition coefficient (Wildman–Crippen LogP) is 3.87. The van der Waals surface area contributed by atoms with Gasteiger partial charge in [-0.2, -0.15) is 0 Å². The van der Waals surface area contributed by atoms with Crippen LogP contribution in [0.2, 0.25) is 0 Å². The first-order valence-electron chi connectivity index (χ1n) is 5.78. The molecule has 0 spiro atoms. The maximum Gasteiger partial charge on any atom is 0.147 e. The van der Waals surface area contributed by atoms with Crippen LogP contribution in [0.15, 0.2) is 53.4 Å². The second kappa shape index (κ2) is 6.48. The minimum atomic E-state index is -0.359. The molecular weight excluding hydrogens is 266 g/mol. The van der Waals surface area contributed by atoms with Gasteiger partial charge in [0.25, 0.3) is 0 Å². The topological polar surface area (TPSA) is 17.1 Å². The fraction of sp³-hybridized carbons (Fsp3) is 0.133. The zero-order chi connectivity index (χ0) is 13.7. The monoisotopic (exact) mass is 278 g/mol. The molecule has 0 aliphatic carbocycles. The summed E-state index contributed by atoms with van der Waals surface area (Å²) in [5.41, 5.74) is 0.409. The van der Waals surface area contributed by atoms with Crippen molar-refractivity contribution in [3.05, 3.63) is 65.7 Å². The van der Waals surface area contributed by atoms with Crippen LogP contribution in [-0.4, -0.2) is 11.5 Å². The molecule has 0 saturated heterocycles. The molecule has 0 amide bonds. The van der Waals surface area contributed by atoms with E-state index < -0.39 is 0 Å². The van der Waals surface area contributed by atoms with Gasteiger partial charge in [-0.15, -0.1) is 11.8 Å². The van der Waals surface area contributed by atoms with Crippen molar-refractivity contribution < 1.29 is 13.6 Å². The third kappa shape index (κ3) is 4.17. The van der Waals surface area contributed by atoms with Crippen molar-refractivity contribution in [2.24, 2.45) is 0 Å². The number of carbonyl (C=O) groups excluding carboxylic acids is 1. The van der Waals surface area contributed by atoms with Crippen molar-refractivity contribution in [3.63, 3.8) is 0 Å². The average Bonchev–Trinajstić information content (AvgIpc) is 2.41. The summed E-state index contributed by atoms with van der Waals surface area (Å²) in [5, 5.41) is 0. The van der Waals surface area contributed by atoms with Crippen molar-refractivity contribution in [3.8, 4) is 0 Å². The van der Waals surface area contributed by atoms with Crippen LogP contribution in [-0.2, 0) is 11.2 Å². The number of benzene rings is 2. The second-order valence-electron chi connectivity index (χ2n) is 4.05. The van der Waals surface area contributed by atoms with Gasteiger partial charge in [-0.25, -0.2) is 8.78 Å². The summed E-state index contributed by atoms with van der Waals surface area (Å²) in [6.07, 6.45) is 0.0842. The van der Waals surface area contributed by atoms with Crippen molar-refractivity contribution in [1.82, 2.24) is 0 Å². The van der Waals surface area contributed by atoms with E-state index in [9.17, 15) is 13.6 Å². The first kappa shape index (κ1) is 13.7. The standard InChI is InChI=1S/C15H12F2OS/c16-12-5-7-14(8-6-12)19-10-13(18)9-11-3-1-2-4-15(11)17/h1-8H,9-10H2. The van der Waals surface area contributed by atoms with Crippen LogP contribution in [0.1, 0.15) is 5.56 Å². The van der Waals surface area contributed by atoms with E-state index in [-0.39, 0.29) is 29.6 Å². The number of carbonyl (C=O) groups is 1. The lowest BCUT2D eigenvalue weighted by atomic mass is 10.1. The lowest BCUT2D eigenvalue weighted by molar-refractivity contribution is -0.116. The fourth-order valence-electron chi connectivity index (χ4n) is 1.60. The van der Waals surface area contributed by atoms with Crippen molar-refractivity contribution in [1.29, 1.82) is 0 Å². The van der Waals surface area contributed by atoms with E-state index in [0.29, 0.717) is 5.56 Å². The lowest BCUT2D eigenvalue weighted by Gasteiger charge is -2.03. The highest BCUT2D eigenvalue weighted by Crippen LogP contribution is 2.19. The first-order chi connectivity index (χ1) is 9.15. The van der Waals surface area contributed by atoms with Crippen LogP contribution in [0.25, 0.3) is 0 Å². The Morgan fingerprint density at radius 1 is 1.00 bits per heavy atom. The third-order valence-corrected chi connectivity index (χ3v) is 3.63. The smallest absolute Gasteiger partial charge is 0.147 e. The van der Waals surface area contributed by atoms with Crippen LogP contribution in [0, 0.1) is 11.6 Å². The van der Waals surface area contributed by atoms with Crippen molar-refractivity contribution >= 4 is 17.5 Å². The molecular formula is C15H12F2OS. The van der Waals surface area contributed by atoms with E-state index >= 15 is 0 Å². The molecule has 0 unspecified atom stereocenters. The minimum absolute atomic E-state index is 0.0561. The van der Waals surface area contributed by atoms with Gasteiger partial charge in [-0.1, -0.05) is 18.2 Å². The van der Waals surface area contributed by atoms with Gasteiger partial charge >= 0.3 is 0 Å². The van der Waals surface area contributed by atoms with E-state index in [1.54, 1.807) is 30.3 Å². The molecule has 0 atom stereocenters. The fourth-order valence-corrected chi connectivity index (χ4v) is 2.36. The highest BCUT2D eigenvalue weighted by molar-refractivity contribution is 8.00. The van der Waals surface area contributed by atoms with Gasteiger partial charge in [-0.05, 0) is 35.9 Å². The zero-order valence-corrected chi connectivity index (χ0v) is 10.9. The molecule has 2 aromatic rings. The van der Waals surface area contributed by atoms with Gasteiger partial charge in [0, 0.05) is 11.3 Å². The molecule has 4 heteroatoms. The van der Waals surface area contributed by atoms with Gasteiger partial charge < -0.3 is 0 Å². The summed E-state index contributed by atoms with van der Waals surface area (Å²) in [7, 11) is 0. The number of thioether (sulfide) groups is 1. The quantitative estimate of drug-likeness (QED) is 0.772. The Hall–Kier alpha value is -1.68. The Kier molecular flexibility index (Phi) is 4.68. The summed E-state index contributed by atoms with van der Waals surface area (Å²) in [6.45, 7) is 0. The number of halogens is 2. The number of rotatable bonds is 5. The van der Waals surface area contributed by atoms with Gasteiger partial charge in [0.1, 0.15) is 17.4 Å². The van der Waals surface area contributed by atoms with Crippen LogP contribution in [0.4, 0.5) is 8.78 Å². The van der Waals surface area contributed by atoms with Crippen LogP contribution >= 0.6 is 11.8 Å². The zero-order valence-electron chi connectivity index (χ0n) is 10.1. The van der Waals surface area contributed by atoms with Gasteiger partial charge in [-0.3, -0.25) is 4.79 Å². The van der Waals surface area contributed by atoms with E-state index in [1.165, 1.54) is 30.0 Å². The summed E-state index contributed by atoms with van der Waals surface area (Å²) >= 11 is 1.32. The molecule has 0 aliphatic heterocycles. The average molecular weight is 278 g/mol. The third-order valence-electron chi connectivity index (χ3n) is 2.56. The molecule has 19 heavy (non-hydrogen) atoms. The molecule has 0 bridgehead atoms. The Morgan fingerprint density at radius 2 is 1.68 bits per heavy atom. The first-order valence-corrected chi connectivity index (χ1v) is 6.77. The maximum atomic E-state index is 13.4. The van der Waals surface area contributed by atoms with E-state index in [0.717, 1.165) is 4.90 Å². The molecule has 0 radical (unpaired) electrons. The number of ketones is 1. The Bertz CT molecular complexity index is 567. The Morgan fingerprint density at radius 3 is 2.37 bits per heavy atom. The van der Waals surface area contributed by atoms with Crippen molar-refractivity contribution in [2.75, 3.05) is 5.75 Å². The number of hydrogen-bond donors (Lipinski definition) is 0. The highest BCUT2D eigenvalue weighted by atomic mass is 32.2. The molecule has 2 rings (SSSR count). The molecule has 0 N–H and O–H groups in total. The highest BCUT2D eigenvalue weighted by Gasteiger charge is 2.08. The van der Waals surface area contributed by atoms with Gasteiger partial charge in [0.2, 0.25) is 0 Å². The van der Waals surface area contributed by atoms with Crippen LogP contribution < -0.4 is 0 Å². The number of hydrogen-bond acceptors (Lipinski definition) is 2. The second-order valence-corrected chi connectivity index (χ2v) is 5.10. The van der Waals surface area contributed by atoms with E-state index in [1.807, 2.05) is 0 Å². The SMILES string of the molecule is O=C(CSc1ccc(F)cc1)Cc1ccccc1F. The Labute approximate surface area is 114 Å². The molecule has 0 aromatic heterocycles. The van der Waals surface area contributed by atoms with Gasteiger partial charge in [0.15, 0.2) is 0 Å². The van der Waals surface area contributed by atoms with E-state index in [4.69, 9.17) is 0 Å². The predicted molar refractivity (Wildman–Crippen MR) is 72.2 cm³/mol. The summed E-state index contributed by atoms with van der Waals surface area (Å²) < 4.78 is 26.1. The summed E-state index contributed by atoms with van der Waals surface area (Å²) in [4.78, 5) is 12.6. The molecule has 0 aliphatic rings. The summed E-state index contributed by atoms with van der Waals surface area (Å²) in [5.74, 6) is -0.468. The maximum absolute atomic E-state index is 13.4.